The molecule has 0 aliphatic heterocycles. The number of nitrogens with one attached hydrogen (secondary N) is 2. The third kappa shape index (κ3) is 6.47. The lowest BCUT2D eigenvalue weighted by molar-refractivity contribution is -0.0154. The first kappa shape index (κ1) is 18.6. The quantitative estimate of drug-likeness (QED) is 0.330. The van der Waals surface area contributed by atoms with Gasteiger partial charge in [0.25, 0.3) is 0 Å². The second-order valence-corrected chi connectivity index (χ2v) is 7.25. The van der Waals surface area contributed by atoms with Crippen LogP contribution in [0.4, 0.5) is 0 Å². The average Bonchev–Trinajstić information content (AvgIpc) is 2.48. The van der Waals surface area contributed by atoms with Crippen LogP contribution in [0.25, 0.3) is 0 Å². The van der Waals surface area contributed by atoms with Gasteiger partial charge in [0.05, 0.1) is 12.1 Å². The first-order valence-electron chi connectivity index (χ1n) is 8.52. The molecular formula is C16H33N3OS. The zero-order valence-electron chi connectivity index (χ0n) is 14.0. The van der Waals surface area contributed by atoms with Gasteiger partial charge in [-0.05, 0) is 31.9 Å². The van der Waals surface area contributed by atoms with Gasteiger partial charge in [-0.1, -0.05) is 33.1 Å². The SMILES string of the molecule is CCCCCCNC(=NCC1(O)CCC1SCC)NCC. The molecule has 0 heterocycles. The van der Waals surface area contributed by atoms with Crippen LogP contribution in [-0.2, 0) is 0 Å². The molecule has 5 heteroatoms. The van der Waals surface area contributed by atoms with E-state index in [0.29, 0.717) is 11.8 Å². The standard InChI is InChI=1S/C16H33N3OS/c1-4-7-8-9-12-18-15(17-5-2)19-13-16(20)11-10-14(16)21-6-3/h14,20H,4-13H2,1-3H3,(H2,17,18,19). The molecule has 0 aromatic rings. The molecule has 1 aliphatic carbocycles. The van der Waals surface area contributed by atoms with Crippen molar-refractivity contribution in [2.24, 2.45) is 4.99 Å². The van der Waals surface area contributed by atoms with Gasteiger partial charge in [-0.25, -0.2) is 0 Å². The van der Waals surface area contributed by atoms with Gasteiger partial charge < -0.3 is 15.7 Å². The van der Waals surface area contributed by atoms with Crippen LogP contribution in [0.1, 0.15) is 59.3 Å². The summed E-state index contributed by atoms with van der Waals surface area (Å²) < 4.78 is 0. The predicted octanol–water partition coefficient (Wildman–Crippen LogP) is 2.77. The van der Waals surface area contributed by atoms with Crippen molar-refractivity contribution >= 4 is 17.7 Å². The van der Waals surface area contributed by atoms with E-state index in [2.05, 4.69) is 36.4 Å². The zero-order valence-corrected chi connectivity index (χ0v) is 14.8. The Labute approximate surface area is 134 Å². The fourth-order valence-electron chi connectivity index (χ4n) is 2.53. The molecule has 1 saturated carbocycles. The number of nitrogens with zero attached hydrogens (tertiary/aromatic N) is 1. The van der Waals surface area contributed by atoms with Gasteiger partial charge in [0, 0.05) is 18.3 Å². The summed E-state index contributed by atoms with van der Waals surface area (Å²) in [6.45, 7) is 8.76. The number of unbranched alkanes of at least 4 members (excludes halogenated alkanes) is 3. The van der Waals surface area contributed by atoms with Crippen LogP contribution in [0.15, 0.2) is 4.99 Å². The smallest absolute Gasteiger partial charge is 0.191 e. The topological polar surface area (TPSA) is 56.7 Å². The highest BCUT2D eigenvalue weighted by molar-refractivity contribution is 8.00. The second kappa shape index (κ2) is 10.3. The molecule has 2 unspecified atom stereocenters. The van der Waals surface area contributed by atoms with Crippen molar-refractivity contribution in [3.63, 3.8) is 0 Å². The Morgan fingerprint density at radius 3 is 2.62 bits per heavy atom. The zero-order chi connectivity index (χ0) is 15.6. The van der Waals surface area contributed by atoms with Crippen molar-refractivity contribution in [1.82, 2.24) is 10.6 Å². The number of hydrogen-bond acceptors (Lipinski definition) is 3. The minimum Gasteiger partial charge on any atom is -0.387 e. The highest BCUT2D eigenvalue weighted by Crippen LogP contribution is 2.41. The molecule has 0 radical (unpaired) electrons. The minimum atomic E-state index is -0.592. The third-order valence-corrected chi connectivity index (χ3v) is 5.39. The van der Waals surface area contributed by atoms with E-state index in [9.17, 15) is 5.11 Å². The lowest BCUT2D eigenvalue weighted by atomic mass is 9.79. The van der Waals surface area contributed by atoms with Crippen LogP contribution in [0.3, 0.4) is 0 Å². The summed E-state index contributed by atoms with van der Waals surface area (Å²) in [5, 5.41) is 17.6. The molecule has 3 N–H and O–H groups in total. The molecule has 0 saturated heterocycles. The Balaban J connectivity index is 2.36. The number of aliphatic imine (C=N–C) groups is 1. The molecule has 4 nitrogen and oxygen atoms in total. The number of thioether (sulfide) groups is 1. The minimum absolute atomic E-state index is 0.360. The molecule has 0 aromatic heterocycles. The van der Waals surface area contributed by atoms with Gasteiger partial charge in [0.1, 0.15) is 0 Å². The fourth-order valence-corrected chi connectivity index (χ4v) is 3.72. The Kier molecular flexibility index (Phi) is 9.16. The van der Waals surface area contributed by atoms with E-state index in [1.165, 1.54) is 25.7 Å². The van der Waals surface area contributed by atoms with E-state index in [1.54, 1.807) is 0 Å². The molecule has 0 aromatic carbocycles. The Morgan fingerprint density at radius 2 is 2.05 bits per heavy atom. The predicted molar refractivity (Wildman–Crippen MR) is 94.2 cm³/mol. The number of hydrogen-bond donors (Lipinski definition) is 3. The molecule has 1 rings (SSSR count). The largest absolute Gasteiger partial charge is 0.387 e. The van der Waals surface area contributed by atoms with E-state index in [0.717, 1.165) is 37.6 Å². The van der Waals surface area contributed by atoms with E-state index in [4.69, 9.17) is 0 Å². The van der Waals surface area contributed by atoms with Crippen LogP contribution in [0.5, 0.6) is 0 Å². The normalized spacial score (nSPS) is 25.5. The number of guanidine groups is 1. The van der Waals surface area contributed by atoms with Crippen molar-refractivity contribution in [3.05, 3.63) is 0 Å². The Morgan fingerprint density at radius 1 is 1.24 bits per heavy atom. The van der Waals surface area contributed by atoms with Crippen LogP contribution in [-0.4, -0.2) is 47.3 Å². The molecule has 21 heavy (non-hydrogen) atoms. The van der Waals surface area contributed by atoms with Crippen LogP contribution in [0.2, 0.25) is 0 Å². The molecule has 0 amide bonds. The Hall–Kier alpha value is -0.420. The lowest BCUT2D eigenvalue weighted by Crippen LogP contribution is -2.53. The summed E-state index contributed by atoms with van der Waals surface area (Å²) >= 11 is 1.86. The average molecular weight is 316 g/mol. The monoisotopic (exact) mass is 315 g/mol. The number of aliphatic hydroxyl groups is 1. The van der Waals surface area contributed by atoms with Crippen molar-refractivity contribution in [2.75, 3.05) is 25.4 Å². The van der Waals surface area contributed by atoms with Crippen molar-refractivity contribution in [1.29, 1.82) is 0 Å². The van der Waals surface area contributed by atoms with Gasteiger partial charge in [-0.2, -0.15) is 11.8 Å². The maximum atomic E-state index is 10.6. The highest BCUT2D eigenvalue weighted by Gasteiger charge is 2.45. The van der Waals surface area contributed by atoms with Crippen LogP contribution < -0.4 is 10.6 Å². The summed E-state index contributed by atoms with van der Waals surface area (Å²) in [6, 6.07) is 0. The maximum Gasteiger partial charge on any atom is 0.191 e. The van der Waals surface area contributed by atoms with Gasteiger partial charge >= 0.3 is 0 Å². The van der Waals surface area contributed by atoms with Crippen LogP contribution >= 0.6 is 11.8 Å². The molecule has 1 aliphatic rings. The van der Waals surface area contributed by atoms with E-state index in [1.807, 2.05) is 11.8 Å². The lowest BCUT2D eigenvalue weighted by Gasteiger charge is -2.44. The molecule has 124 valence electrons. The molecule has 0 bridgehead atoms. The van der Waals surface area contributed by atoms with Gasteiger partial charge in [0.2, 0.25) is 0 Å². The molecule has 1 fully saturated rings. The summed E-state index contributed by atoms with van der Waals surface area (Å²) in [5.74, 6) is 1.90. The fraction of sp³-hybridized carbons (Fsp3) is 0.938. The van der Waals surface area contributed by atoms with E-state index < -0.39 is 5.60 Å². The molecule has 2 atom stereocenters. The summed E-state index contributed by atoms with van der Waals surface area (Å²) in [4.78, 5) is 4.59. The highest BCUT2D eigenvalue weighted by atomic mass is 32.2. The summed E-state index contributed by atoms with van der Waals surface area (Å²) in [7, 11) is 0. The molecular weight excluding hydrogens is 282 g/mol. The van der Waals surface area contributed by atoms with E-state index >= 15 is 0 Å². The summed E-state index contributed by atoms with van der Waals surface area (Å²) in [6.07, 6.45) is 7.00. The van der Waals surface area contributed by atoms with Crippen molar-refractivity contribution in [2.45, 2.75) is 70.1 Å². The Bertz CT molecular complexity index is 312. The second-order valence-electron chi connectivity index (χ2n) is 5.77. The van der Waals surface area contributed by atoms with Crippen LogP contribution in [0, 0.1) is 0 Å². The van der Waals surface area contributed by atoms with Gasteiger partial charge in [-0.15, -0.1) is 0 Å². The molecule has 0 spiro atoms. The van der Waals surface area contributed by atoms with Crippen molar-refractivity contribution < 1.29 is 5.11 Å². The maximum absolute atomic E-state index is 10.6. The first-order chi connectivity index (χ1) is 10.2. The van der Waals surface area contributed by atoms with Crippen molar-refractivity contribution in [3.8, 4) is 0 Å². The van der Waals surface area contributed by atoms with E-state index in [-0.39, 0.29) is 0 Å². The van der Waals surface area contributed by atoms with Gasteiger partial charge in [-0.3, -0.25) is 4.99 Å². The first-order valence-corrected chi connectivity index (χ1v) is 9.57. The number of rotatable bonds is 10. The van der Waals surface area contributed by atoms with Gasteiger partial charge in [0.15, 0.2) is 5.96 Å². The third-order valence-electron chi connectivity index (χ3n) is 3.98. The summed E-state index contributed by atoms with van der Waals surface area (Å²) in [5.41, 5.74) is -0.592.